The molecule has 0 aliphatic heterocycles. The van der Waals surface area contributed by atoms with Crippen molar-refractivity contribution in [1.29, 1.82) is 0 Å². The van der Waals surface area contributed by atoms with E-state index in [2.05, 4.69) is 20.6 Å². The van der Waals surface area contributed by atoms with E-state index in [1.807, 2.05) is 30.3 Å². The first kappa shape index (κ1) is 16.5. The molecule has 0 bridgehead atoms. The van der Waals surface area contributed by atoms with Crippen LogP contribution < -0.4 is 5.32 Å². The van der Waals surface area contributed by atoms with Crippen LogP contribution in [-0.4, -0.2) is 21.2 Å². The van der Waals surface area contributed by atoms with Gasteiger partial charge in [0.2, 0.25) is 5.89 Å². The lowest BCUT2D eigenvalue weighted by Crippen LogP contribution is -2.48. The van der Waals surface area contributed by atoms with Crippen molar-refractivity contribution in [1.82, 2.24) is 20.6 Å². The van der Waals surface area contributed by atoms with Crippen LogP contribution in [0.1, 0.15) is 54.3 Å². The van der Waals surface area contributed by atoms with E-state index < -0.39 is 5.54 Å². The molecule has 1 aliphatic rings. The summed E-state index contributed by atoms with van der Waals surface area (Å²) in [5.74, 6) is 1.30. The van der Waals surface area contributed by atoms with E-state index in [9.17, 15) is 4.79 Å². The first-order chi connectivity index (χ1) is 12.7. The Bertz CT molecular complexity index is 894. The van der Waals surface area contributed by atoms with E-state index >= 15 is 0 Å². The fourth-order valence-electron chi connectivity index (χ4n) is 3.46. The average Bonchev–Trinajstić information content (AvgIpc) is 3.33. The summed E-state index contributed by atoms with van der Waals surface area (Å²) >= 11 is 0. The molecule has 134 valence electrons. The number of benzene rings is 1. The van der Waals surface area contributed by atoms with Gasteiger partial charge in [-0.1, -0.05) is 59.9 Å². The van der Waals surface area contributed by atoms with E-state index in [0.29, 0.717) is 17.5 Å². The van der Waals surface area contributed by atoms with E-state index in [-0.39, 0.29) is 11.6 Å². The highest BCUT2D eigenvalue weighted by Gasteiger charge is 2.40. The second-order valence-electron chi connectivity index (χ2n) is 6.68. The molecule has 1 aliphatic carbocycles. The molecule has 0 spiro atoms. The molecule has 0 radical (unpaired) electrons. The predicted molar refractivity (Wildman–Crippen MR) is 93.2 cm³/mol. The first-order valence-corrected chi connectivity index (χ1v) is 8.82. The average molecular weight is 352 g/mol. The minimum atomic E-state index is -0.612. The number of aromatic nitrogens is 3. The number of carbonyl (C=O) groups excluding carboxylic acids is 1. The molecule has 1 aromatic carbocycles. The van der Waals surface area contributed by atoms with Crippen molar-refractivity contribution in [2.24, 2.45) is 0 Å². The third-order valence-corrected chi connectivity index (χ3v) is 4.82. The van der Waals surface area contributed by atoms with Crippen LogP contribution in [0.25, 0.3) is 11.3 Å². The standard InChI is InChI=1S/C19H20N4O3/c1-13-20-18(23-25-13)19(10-6-3-7-11-19)21-17(24)15-12-16(26-22-15)14-8-4-2-5-9-14/h2,4-5,8-9,12H,3,6-7,10-11H2,1H3,(H,21,24). The van der Waals surface area contributed by atoms with Crippen molar-refractivity contribution >= 4 is 5.91 Å². The fraction of sp³-hybridized carbons (Fsp3) is 0.368. The molecule has 7 nitrogen and oxygen atoms in total. The largest absolute Gasteiger partial charge is 0.355 e. The normalized spacial score (nSPS) is 16.3. The zero-order valence-electron chi connectivity index (χ0n) is 14.6. The van der Waals surface area contributed by atoms with E-state index in [0.717, 1.165) is 37.7 Å². The van der Waals surface area contributed by atoms with Crippen LogP contribution in [0.5, 0.6) is 0 Å². The summed E-state index contributed by atoms with van der Waals surface area (Å²) in [6.45, 7) is 1.75. The lowest BCUT2D eigenvalue weighted by Gasteiger charge is -2.34. The number of hydrogen-bond donors (Lipinski definition) is 1. The van der Waals surface area contributed by atoms with Crippen LogP contribution in [0.2, 0.25) is 0 Å². The predicted octanol–water partition coefficient (Wildman–Crippen LogP) is 3.62. The van der Waals surface area contributed by atoms with Crippen molar-refractivity contribution in [3.63, 3.8) is 0 Å². The molecule has 1 fully saturated rings. The van der Waals surface area contributed by atoms with E-state index in [4.69, 9.17) is 9.05 Å². The molecule has 3 aromatic rings. The maximum Gasteiger partial charge on any atom is 0.274 e. The Balaban J connectivity index is 1.58. The summed E-state index contributed by atoms with van der Waals surface area (Å²) in [5, 5.41) is 11.1. The highest BCUT2D eigenvalue weighted by molar-refractivity contribution is 5.93. The van der Waals surface area contributed by atoms with Gasteiger partial charge in [0, 0.05) is 18.6 Å². The quantitative estimate of drug-likeness (QED) is 0.770. The van der Waals surface area contributed by atoms with Crippen molar-refractivity contribution in [2.75, 3.05) is 0 Å². The lowest BCUT2D eigenvalue weighted by atomic mass is 9.81. The summed E-state index contributed by atoms with van der Waals surface area (Å²) in [6, 6.07) is 11.2. The number of nitrogens with zero attached hydrogens (tertiary/aromatic N) is 3. The lowest BCUT2D eigenvalue weighted by molar-refractivity contribution is 0.0846. The van der Waals surface area contributed by atoms with Crippen molar-refractivity contribution in [3.8, 4) is 11.3 Å². The summed E-state index contributed by atoms with van der Waals surface area (Å²) in [5.41, 5.74) is 0.508. The van der Waals surface area contributed by atoms with E-state index in [1.54, 1.807) is 13.0 Å². The summed E-state index contributed by atoms with van der Waals surface area (Å²) in [4.78, 5) is 17.2. The molecule has 1 amide bonds. The monoisotopic (exact) mass is 352 g/mol. The number of hydrogen-bond acceptors (Lipinski definition) is 6. The topological polar surface area (TPSA) is 94.1 Å². The Morgan fingerprint density at radius 2 is 1.85 bits per heavy atom. The smallest absolute Gasteiger partial charge is 0.274 e. The molecule has 1 saturated carbocycles. The molecular weight excluding hydrogens is 332 g/mol. The van der Waals surface area contributed by atoms with Crippen molar-refractivity contribution in [2.45, 2.75) is 44.6 Å². The molecule has 1 N–H and O–H groups in total. The van der Waals surface area contributed by atoms with Gasteiger partial charge in [0.1, 0.15) is 5.54 Å². The number of carbonyl (C=O) groups is 1. The molecule has 0 unspecified atom stereocenters. The Labute approximate surface area is 150 Å². The van der Waals surface area contributed by atoms with Gasteiger partial charge in [-0.3, -0.25) is 4.79 Å². The Kier molecular flexibility index (Phi) is 4.28. The first-order valence-electron chi connectivity index (χ1n) is 8.82. The zero-order chi connectivity index (χ0) is 18.0. The second kappa shape index (κ2) is 6.74. The minimum Gasteiger partial charge on any atom is -0.355 e. The molecular formula is C19H20N4O3. The Hall–Kier alpha value is -2.96. The number of nitrogens with one attached hydrogen (secondary N) is 1. The van der Waals surface area contributed by atoms with Crippen LogP contribution >= 0.6 is 0 Å². The van der Waals surface area contributed by atoms with Gasteiger partial charge >= 0.3 is 0 Å². The highest BCUT2D eigenvalue weighted by atomic mass is 16.5. The summed E-state index contributed by atoms with van der Waals surface area (Å²) in [7, 11) is 0. The minimum absolute atomic E-state index is 0.244. The number of aryl methyl sites for hydroxylation is 1. The van der Waals surface area contributed by atoms with Gasteiger partial charge in [-0.2, -0.15) is 4.98 Å². The van der Waals surface area contributed by atoms with Gasteiger partial charge in [0.25, 0.3) is 5.91 Å². The van der Waals surface area contributed by atoms with Crippen molar-refractivity contribution < 1.29 is 13.8 Å². The Morgan fingerprint density at radius 3 is 2.54 bits per heavy atom. The van der Waals surface area contributed by atoms with Crippen LogP contribution in [-0.2, 0) is 5.54 Å². The van der Waals surface area contributed by atoms with Gasteiger partial charge in [0.05, 0.1) is 0 Å². The van der Waals surface area contributed by atoms with Gasteiger partial charge in [-0.25, -0.2) is 0 Å². The maximum absolute atomic E-state index is 12.8. The van der Waals surface area contributed by atoms with Gasteiger partial charge in [-0.05, 0) is 12.8 Å². The zero-order valence-corrected chi connectivity index (χ0v) is 14.6. The molecule has 26 heavy (non-hydrogen) atoms. The number of amides is 1. The van der Waals surface area contributed by atoms with Crippen LogP contribution in [0.4, 0.5) is 0 Å². The molecule has 4 rings (SSSR count). The van der Waals surface area contributed by atoms with Gasteiger partial charge < -0.3 is 14.4 Å². The molecule has 0 atom stereocenters. The summed E-state index contributed by atoms with van der Waals surface area (Å²) < 4.78 is 10.5. The SMILES string of the molecule is Cc1nc(C2(NC(=O)c3cc(-c4ccccc4)on3)CCCCC2)no1. The maximum atomic E-state index is 12.8. The Morgan fingerprint density at radius 1 is 1.08 bits per heavy atom. The number of rotatable bonds is 4. The fourth-order valence-corrected chi connectivity index (χ4v) is 3.46. The molecule has 7 heteroatoms. The molecule has 2 heterocycles. The van der Waals surface area contributed by atoms with Crippen LogP contribution in [0.15, 0.2) is 45.4 Å². The molecule has 2 aromatic heterocycles. The molecule has 0 saturated heterocycles. The van der Waals surface area contributed by atoms with Crippen LogP contribution in [0.3, 0.4) is 0 Å². The second-order valence-corrected chi connectivity index (χ2v) is 6.68. The highest BCUT2D eigenvalue weighted by Crippen LogP contribution is 2.36. The van der Waals surface area contributed by atoms with Crippen LogP contribution in [0, 0.1) is 6.92 Å². The third kappa shape index (κ3) is 3.12. The van der Waals surface area contributed by atoms with E-state index in [1.165, 1.54) is 0 Å². The van der Waals surface area contributed by atoms with Gasteiger partial charge in [0.15, 0.2) is 17.3 Å². The third-order valence-electron chi connectivity index (χ3n) is 4.82. The summed E-state index contributed by atoms with van der Waals surface area (Å²) in [6.07, 6.45) is 4.70. The van der Waals surface area contributed by atoms with Crippen molar-refractivity contribution in [3.05, 3.63) is 53.8 Å². The van der Waals surface area contributed by atoms with Gasteiger partial charge in [-0.15, -0.1) is 0 Å².